The topological polar surface area (TPSA) is 65.3 Å². The lowest BCUT2D eigenvalue weighted by molar-refractivity contribution is -0.0979. The molecular weight excluding hydrogens is 258 g/mol. The van der Waals surface area contributed by atoms with Crippen LogP contribution in [0.3, 0.4) is 0 Å². The van der Waals surface area contributed by atoms with Gasteiger partial charge in [0.2, 0.25) is 0 Å². The van der Waals surface area contributed by atoms with Gasteiger partial charge in [-0.1, -0.05) is 13.8 Å². The largest absolute Gasteiger partial charge is 0.381 e. The Hall–Kier alpha value is -1.40. The van der Waals surface area contributed by atoms with Gasteiger partial charge in [0.25, 0.3) is 5.56 Å². The van der Waals surface area contributed by atoms with E-state index in [1.165, 1.54) is 11.6 Å². The van der Waals surface area contributed by atoms with E-state index in [0.717, 1.165) is 11.0 Å². The van der Waals surface area contributed by atoms with Gasteiger partial charge in [0.1, 0.15) is 0 Å². The van der Waals surface area contributed by atoms with Crippen molar-refractivity contribution in [3.63, 3.8) is 0 Å². The first-order chi connectivity index (χ1) is 9.28. The summed E-state index contributed by atoms with van der Waals surface area (Å²) in [5.74, 6) is 0. The van der Waals surface area contributed by atoms with Crippen molar-refractivity contribution in [3.8, 4) is 0 Å². The van der Waals surface area contributed by atoms with Crippen molar-refractivity contribution in [2.45, 2.75) is 39.0 Å². The molecule has 6 nitrogen and oxygen atoms in total. The van der Waals surface area contributed by atoms with Crippen LogP contribution >= 0.6 is 0 Å². The maximum atomic E-state index is 12.0. The lowest BCUT2D eigenvalue weighted by Crippen LogP contribution is -2.60. The van der Waals surface area contributed by atoms with Crippen LogP contribution in [0.15, 0.2) is 15.8 Å². The first kappa shape index (κ1) is 15.0. The molecule has 1 aromatic heterocycles. The molecule has 0 bridgehead atoms. The van der Waals surface area contributed by atoms with Crippen LogP contribution in [0.1, 0.15) is 25.8 Å². The van der Waals surface area contributed by atoms with Crippen LogP contribution in [0.2, 0.25) is 0 Å². The second-order valence-corrected chi connectivity index (χ2v) is 6.13. The molecule has 0 aliphatic heterocycles. The minimum Gasteiger partial charge on any atom is -0.381 e. The van der Waals surface area contributed by atoms with E-state index in [1.807, 2.05) is 0 Å². The summed E-state index contributed by atoms with van der Waals surface area (Å²) < 4.78 is 7.98. The standard InChI is InChI=1S/C14H23N3O3/c1-14(2)10(6-11(14)20-5)15-7-9-8-16(3)13(19)17(4)12(9)18/h8,10-11,15H,6-7H2,1-5H3. The average Bonchev–Trinajstić information content (AvgIpc) is 2.40. The highest BCUT2D eigenvalue weighted by molar-refractivity contribution is 5.08. The number of aromatic nitrogens is 2. The van der Waals surface area contributed by atoms with Crippen LogP contribution in [0, 0.1) is 5.41 Å². The molecule has 0 spiro atoms. The Morgan fingerprint density at radius 2 is 2.05 bits per heavy atom. The summed E-state index contributed by atoms with van der Waals surface area (Å²) in [7, 11) is 4.88. The third-order valence-corrected chi connectivity index (χ3v) is 4.52. The van der Waals surface area contributed by atoms with Crippen molar-refractivity contribution in [1.29, 1.82) is 0 Å². The van der Waals surface area contributed by atoms with Crippen LogP contribution in [0.4, 0.5) is 0 Å². The molecule has 1 aromatic rings. The van der Waals surface area contributed by atoms with Gasteiger partial charge in [0.05, 0.1) is 6.10 Å². The maximum Gasteiger partial charge on any atom is 0.330 e. The van der Waals surface area contributed by atoms with Gasteiger partial charge < -0.3 is 14.6 Å². The number of nitrogens with zero attached hydrogens (tertiary/aromatic N) is 2. The molecule has 0 amide bonds. The molecule has 20 heavy (non-hydrogen) atoms. The van der Waals surface area contributed by atoms with Gasteiger partial charge in [-0.2, -0.15) is 0 Å². The lowest BCUT2D eigenvalue weighted by atomic mass is 9.64. The number of hydrogen-bond donors (Lipinski definition) is 1. The number of ether oxygens (including phenoxy) is 1. The van der Waals surface area contributed by atoms with Crippen LogP contribution in [0.5, 0.6) is 0 Å². The van der Waals surface area contributed by atoms with Crippen molar-refractivity contribution >= 4 is 0 Å². The van der Waals surface area contributed by atoms with Crippen molar-refractivity contribution in [2.75, 3.05) is 7.11 Å². The zero-order valence-electron chi connectivity index (χ0n) is 12.8. The first-order valence-electron chi connectivity index (χ1n) is 6.80. The molecule has 1 fully saturated rings. The minimum absolute atomic E-state index is 0.0562. The fourth-order valence-corrected chi connectivity index (χ4v) is 2.87. The Labute approximate surface area is 118 Å². The zero-order chi connectivity index (χ0) is 15.1. The summed E-state index contributed by atoms with van der Waals surface area (Å²) in [5, 5.41) is 3.40. The fraction of sp³-hybridized carbons (Fsp3) is 0.714. The van der Waals surface area contributed by atoms with E-state index in [-0.39, 0.29) is 22.8 Å². The van der Waals surface area contributed by atoms with Gasteiger partial charge in [-0.05, 0) is 6.42 Å². The molecule has 1 saturated carbocycles. The van der Waals surface area contributed by atoms with Crippen LogP contribution < -0.4 is 16.6 Å². The molecule has 0 radical (unpaired) electrons. The van der Waals surface area contributed by atoms with E-state index in [2.05, 4.69) is 19.2 Å². The third kappa shape index (κ3) is 2.33. The Morgan fingerprint density at radius 1 is 1.40 bits per heavy atom. The number of hydrogen-bond acceptors (Lipinski definition) is 4. The van der Waals surface area contributed by atoms with Crippen molar-refractivity contribution < 1.29 is 4.74 Å². The maximum absolute atomic E-state index is 12.0. The lowest BCUT2D eigenvalue weighted by Gasteiger charge is -2.51. The van der Waals surface area contributed by atoms with Crippen LogP contribution in [-0.2, 0) is 25.4 Å². The van der Waals surface area contributed by atoms with Crippen LogP contribution in [-0.4, -0.2) is 28.4 Å². The van der Waals surface area contributed by atoms with Gasteiger partial charge >= 0.3 is 5.69 Å². The SMILES string of the molecule is COC1CC(NCc2cn(C)c(=O)n(C)c2=O)C1(C)C. The predicted molar refractivity (Wildman–Crippen MR) is 76.7 cm³/mol. The van der Waals surface area contributed by atoms with Gasteiger partial charge in [-0.3, -0.25) is 9.36 Å². The highest BCUT2D eigenvalue weighted by Gasteiger charge is 2.48. The number of rotatable bonds is 4. The molecule has 2 atom stereocenters. The summed E-state index contributed by atoms with van der Waals surface area (Å²) in [5.41, 5.74) is 0.121. The normalized spacial score (nSPS) is 24.4. The highest BCUT2D eigenvalue weighted by Crippen LogP contribution is 2.42. The molecule has 0 aromatic carbocycles. The molecule has 112 valence electrons. The molecule has 1 heterocycles. The molecule has 6 heteroatoms. The van der Waals surface area contributed by atoms with Crippen molar-refractivity contribution in [2.24, 2.45) is 19.5 Å². The summed E-state index contributed by atoms with van der Waals surface area (Å²) in [6.45, 7) is 4.77. The van der Waals surface area contributed by atoms with Gasteiger partial charge in [0, 0.05) is 51.0 Å². The Morgan fingerprint density at radius 3 is 2.60 bits per heavy atom. The first-order valence-corrected chi connectivity index (χ1v) is 6.80. The Kier molecular flexibility index (Phi) is 3.88. The summed E-state index contributed by atoms with van der Waals surface area (Å²) in [6.07, 6.45) is 2.80. The van der Waals surface area contributed by atoms with E-state index in [0.29, 0.717) is 18.2 Å². The highest BCUT2D eigenvalue weighted by atomic mass is 16.5. The van der Waals surface area contributed by atoms with E-state index in [1.54, 1.807) is 20.4 Å². The fourth-order valence-electron chi connectivity index (χ4n) is 2.87. The van der Waals surface area contributed by atoms with Gasteiger partial charge in [-0.25, -0.2) is 4.79 Å². The molecular formula is C14H23N3O3. The van der Waals surface area contributed by atoms with Crippen LogP contribution in [0.25, 0.3) is 0 Å². The minimum atomic E-state index is -0.304. The molecule has 2 rings (SSSR count). The van der Waals surface area contributed by atoms with E-state index < -0.39 is 0 Å². The van der Waals surface area contributed by atoms with Gasteiger partial charge in [-0.15, -0.1) is 0 Å². The molecule has 0 saturated heterocycles. The molecule has 2 unspecified atom stereocenters. The van der Waals surface area contributed by atoms with E-state index >= 15 is 0 Å². The second kappa shape index (κ2) is 5.18. The molecule has 1 aliphatic carbocycles. The molecule has 1 aliphatic rings. The predicted octanol–water partition coefficient (Wildman–Crippen LogP) is -0.0129. The summed E-state index contributed by atoms with van der Waals surface area (Å²) in [4.78, 5) is 23.6. The van der Waals surface area contributed by atoms with E-state index in [4.69, 9.17) is 4.74 Å². The second-order valence-electron chi connectivity index (χ2n) is 6.13. The molecule has 1 N–H and O–H groups in total. The summed E-state index contributed by atoms with van der Waals surface area (Å²) in [6, 6.07) is 0.314. The average molecular weight is 281 g/mol. The number of aryl methyl sites for hydroxylation is 1. The monoisotopic (exact) mass is 281 g/mol. The van der Waals surface area contributed by atoms with Crippen molar-refractivity contribution in [3.05, 3.63) is 32.6 Å². The van der Waals surface area contributed by atoms with Gasteiger partial charge in [0.15, 0.2) is 0 Å². The quantitative estimate of drug-likeness (QED) is 0.843. The zero-order valence-corrected chi connectivity index (χ0v) is 12.8. The number of nitrogens with one attached hydrogen (secondary N) is 1. The van der Waals surface area contributed by atoms with Crippen molar-refractivity contribution in [1.82, 2.24) is 14.5 Å². The number of methoxy groups -OCH3 is 1. The van der Waals surface area contributed by atoms with E-state index in [9.17, 15) is 9.59 Å². The summed E-state index contributed by atoms with van der Waals surface area (Å²) >= 11 is 0. The Bertz CT molecular complexity index is 615. The smallest absolute Gasteiger partial charge is 0.330 e. The third-order valence-electron chi connectivity index (χ3n) is 4.52. The Balaban J connectivity index is 2.10.